The molecule has 2 rings (SSSR count). The minimum absolute atomic E-state index is 0. The van der Waals surface area contributed by atoms with Crippen molar-refractivity contribution < 1.29 is 25.9 Å². The van der Waals surface area contributed by atoms with Gasteiger partial charge in [-0.25, -0.2) is 4.79 Å². The normalized spacial score (nSPS) is 12.3. The van der Waals surface area contributed by atoms with Gasteiger partial charge in [0.05, 0.1) is 0 Å². The Morgan fingerprint density at radius 2 is 1.53 bits per heavy atom. The van der Waals surface area contributed by atoms with Crippen LogP contribution in [0.3, 0.4) is 0 Å². The predicted molar refractivity (Wildman–Crippen MR) is 59.2 cm³/mol. The average molecular weight is 313 g/mol. The second-order valence-electron chi connectivity index (χ2n) is 3.06. The van der Waals surface area contributed by atoms with Crippen LogP contribution in [0.1, 0.15) is 0 Å². The van der Waals surface area contributed by atoms with E-state index < -0.39 is 47.3 Å². The van der Waals surface area contributed by atoms with Gasteiger partial charge in [-0.2, -0.15) is 26.8 Å². The summed E-state index contributed by atoms with van der Waals surface area (Å²) >= 11 is 0. The summed E-state index contributed by atoms with van der Waals surface area (Å²) in [6, 6.07) is 0. The zero-order chi connectivity index (χ0) is 13.7. The molecule has 2 aromatic rings. The number of rotatable bonds is 2. The van der Waals surface area contributed by atoms with Crippen molar-refractivity contribution in [2.24, 2.45) is 0 Å². The van der Waals surface area contributed by atoms with E-state index in [1.165, 1.54) is 0 Å². The summed E-state index contributed by atoms with van der Waals surface area (Å²) in [6.45, 7) is 0. The van der Waals surface area contributed by atoms with Crippen LogP contribution in [-0.4, -0.2) is 45.9 Å². The maximum atomic E-state index is 11.0. The molecule has 0 saturated heterocycles. The molecule has 19 heavy (non-hydrogen) atoms. The molecule has 0 aliphatic carbocycles. The summed E-state index contributed by atoms with van der Waals surface area (Å²) in [5.74, 6) is 0. The summed E-state index contributed by atoms with van der Waals surface area (Å²) in [7, 11) is -9.82. The monoisotopic (exact) mass is 313 g/mol. The molecular weight excluding hydrogens is 306 g/mol. The van der Waals surface area contributed by atoms with Gasteiger partial charge in [0.2, 0.25) is 5.03 Å². The van der Waals surface area contributed by atoms with Crippen LogP contribution >= 0.6 is 0 Å². The van der Waals surface area contributed by atoms with Crippen LogP contribution in [-0.2, 0) is 20.2 Å². The Balaban J connectivity index is 0.00000180. The van der Waals surface area contributed by atoms with Crippen molar-refractivity contribution in [3.05, 3.63) is 10.5 Å². The van der Waals surface area contributed by atoms with Gasteiger partial charge in [-0.05, 0) is 0 Å². The third-order valence-electron chi connectivity index (χ3n) is 1.80. The molecule has 12 nitrogen and oxygen atoms in total. The van der Waals surface area contributed by atoms with E-state index in [0.717, 1.165) is 0 Å². The van der Waals surface area contributed by atoms with E-state index in [1.54, 1.807) is 0 Å². The summed E-state index contributed by atoms with van der Waals surface area (Å²) in [5, 5.41) is -2.41. The Hall–Kier alpha value is -1.87. The van der Waals surface area contributed by atoms with Gasteiger partial charge < -0.3 is 11.1 Å². The minimum Gasteiger partial charge on any atom is -0.344 e. The molecule has 7 N–H and O–H groups in total. The zero-order valence-corrected chi connectivity index (χ0v) is 10.5. The molecule has 106 valence electrons. The molecule has 0 aromatic carbocycles. The van der Waals surface area contributed by atoms with Gasteiger partial charge in [0, 0.05) is 0 Å². The van der Waals surface area contributed by atoms with Crippen molar-refractivity contribution >= 4 is 31.4 Å². The van der Waals surface area contributed by atoms with Crippen molar-refractivity contribution in [2.45, 2.75) is 10.2 Å². The van der Waals surface area contributed by atoms with Gasteiger partial charge in [0.1, 0.15) is 5.52 Å². The number of aromatic amines is 2. The first-order chi connectivity index (χ1) is 8.09. The molecule has 0 amide bonds. The second-order valence-corrected chi connectivity index (χ2v) is 5.72. The smallest absolute Gasteiger partial charge is 0.330 e. The van der Waals surface area contributed by atoms with E-state index in [0.29, 0.717) is 0 Å². The molecule has 0 bridgehead atoms. The third-order valence-corrected chi connectivity index (χ3v) is 3.23. The average Bonchev–Trinajstić information content (AvgIpc) is 2.52. The molecule has 14 heteroatoms. The topological polar surface area (TPSA) is 218 Å². The zero-order valence-electron chi connectivity index (χ0n) is 8.85. The Morgan fingerprint density at radius 1 is 0.947 bits per heavy atom. The van der Waals surface area contributed by atoms with E-state index in [2.05, 4.69) is 9.97 Å². The number of nitrogens with zero attached hydrogens (tertiary/aromatic N) is 2. The first-order valence-corrected chi connectivity index (χ1v) is 6.92. The van der Waals surface area contributed by atoms with Crippen LogP contribution in [0, 0.1) is 0 Å². The van der Waals surface area contributed by atoms with E-state index >= 15 is 0 Å². The number of imidazole rings is 1. The molecular formula is C5H7N5O7S2. The highest BCUT2D eigenvalue weighted by molar-refractivity contribution is 7.86. The van der Waals surface area contributed by atoms with Crippen molar-refractivity contribution in [3.63, 3.8) is 0 Å². The Kier molecular flexibility index (Phi) is 3.48. The summed E-state index contributed by atoms with van der Waals surface area (Å²) in [6.07, 6.45) is 0. The van der Waals surface area contributed by atoms with Crippen molar-refractivity contribution in [3.8, 4) is 0 Å². The Labute approximate surface area is 105 Å². The summed E-state index contributed by atoms with van der Waals surface area (Å²) in [5.41, 5.74) is -1.89. The van der Waals surface area contributed by atoms with E-state index in [1.807, 2.05) is 9.97 Å². The predicted octanol–water partition coefficient (Wildman–Crippen LogP) is -1.70. The number of hydrogen-bond donors (Lipinski definition) is 5. The van der Waals surface area contributed by atoms with Crippen LogP contribution in [0.25, 0.3) is 11.2 Å². The number of aromatic nitrogens is 4. The van der Waals surface area contributed by atoms with Gasteiger partial charge in [-0.1, -0.05) is 0 Å². The highest BCUT2D eigenvalue weighted by atomic mass is 32.2. The van der Waals surface area contributed by atoms with Crippen LogP contribution in [0.2, 0.25) is 0 Å². The van der Waals surface area contributed by atoms with E-state index in [4.69, 9.17) is 9.11 Å². The van der Waals surface area contributed by atoms with Gasteiger partial charge >= 0.3 is 25.9 Å². The van der Waals surface area contributed by atoms with Gasteiger partial charge in [0.15, 0.2) is 5.65 Å². The number of H-pyrrole nitrogens is 2. The van der Waals surface area contributed by atoms with Crippen molar-refractivity contribution in [1.82, 2.24) is 26.1 Å². The second kappa shape index (κ2) is 4.35. The molecule has 2 heterocycles. The van der Waals surface area contributed by atoms with E-state index in [9.17, 15) is 21.6 Å². The fourth-order valence-electron chi connectivity index (χ4n) is 1.18. The molecule has 0 saturated carbocycles. The van der Waals surface area contributed by atoms with Crippen LogP contribution in [0.4, 0.5) is 0 Å². The van der Waals surface area contributed by atoms with E-state index in [-0.39, 0.29) is 6.15 Å². The highest BCUT2D eigenvalue weighted by Gasteiger charge is 2.25. The molecule has 0 unspecified atom stereocenters. The summed E-state index contributed by atoms with van der Waals surface area (Å²) < 4.78 is 61.2. The molecule has 0 aliphatic heterocycles. The fourth-order valence-corrected chi connectivity index (χ4v) is 2.26. The minimum atomic E-state index is -4.92. The van der Waals surface area contributed by atoms with Crippen molar-refractivity contribution in [1.29, 1.82) is 0 Å². The quantitative estimate of drug-likeness (QED) is 0.240. The molecule has 0 atom stereocenters. The molecule has 2 aromatic heterocycles. The number of hydrogen-bond acceptors (Lipinski definition) is 8. The lowest BCUT2D eigenvalue weighted by Crippen LogP contribution is -2.11. The van der Waals surface area contributed by atoms with Crippen molar-refractivity contribution in [2.75, 3.05) is 0 Å². The van der Waals surface area contributed by atoms with Crippen LogP contribution in [0.15, 0.2) is 15.0 Å². The largest absolute Gasteiger partial charge is 0.344 e. The first-order valence-electron chi connectivity index (χ1n) is 4.04. The number of fused-ring (bicyclic) bond motifs is 1. The SMILES string of the molecule is N.O=c1[nH]c2nc(S(=O)(=O)O)nc(S(=O)(=O)O)c2[nH]1. The lowest BCUT2D eigenvalue weighted by Gasteiger charge is -2.00. The molecule has 0 fully saturated rings. The van der Waals surface area contributed by atoms with Gasteiger partial charge in [0.25, 0.3) is 5.16 Å². The maximum Gasteiger partial charge on any atom is 0.330 e. The van der Waals surface area contributed by atoms with Gasteiger partial charge in [-0.15, -0.1) is 0 Å². The fraction of sp³-hybridized carbons (Fsp3) is 0. The van der Waals surface area contributed by atoms with Gasteiger partial charge in [-0.3, -0.25) is 14.1 Å². The highest BCUT2D eigenvalue weighted by Crippen LogP contribution is 2.16. The molecule has 0 spiro atoms. The lowest BCUT2D eigenvalue weighted by atomic mass is 10.6. The first kappa shape index (κ1) is 15.2. The summed E-state index contributed by atoms with van der Waals surface area (Å²) in [4.78, 5) is 21.1. The molecule has 0 aliphatic rings. The molecule has 0 radical (unpaired) electrons. The Bertz CT molecular complexity index is 892. The third kappa shape index (κ3) is 2.76. The Morgan fingerprint density at radius 3 is 2.00 bits per heavy atom. The van der Waals surface area contributed by atoms with Crippen LogP contribution in [0.5, 0.6) is 0 Å². The number of nitrogens with one attached hydrogen (secondary N) is 2. The van der Waals surface area contributed by atoms with Crippen LogP contribution < -0.4 is 11.8 Å². The lowest BCUT2D eigenvalue weighted by molar-refractivity contribution is 0.468. The standard InChI is InChI=1S/C5H4N4O7S2.H3N/c10-4-6-1-2(7-4)8-5(18(14,15)16)9-3(1)17(11,12)13;/h(H,11,12,13)(H,14,15,16)(H2,6,7,8,9,10);1H3. The maximum absolute atomic E-state index is 11.0.